The van der Waals surface area contributed by atoms with Gasteiger partial charge in [0.05, 0.1) is 0 Å². The Morgan fingerprint density at radius 3 is 0.591 bits per heavy atom. The number of hydrogen-bond acceptors (Lipinski definition) is 4. The molecular formula is C72H68N8Na4O4+8. The van der Waals surface area contributed by atoms with E-state index in [0.29, 0.717) is 22.1 Å². The van der Waals surface area contributed by atoms with E-state index in [1.807, 2.05) is 122 Å². The molecule has 416 valence electrons. The maximum Gasteiger partial charge on any atom is 1.00 e. The largest absolute Gasteiger partial charge is 1.00 e. The Morgan fingerprint density at radius 2 is 0.409 bits per heavy atom. The van der Waals surface area contributed by atoms with Crippen LogP contribution in [0.3, 0.4) is 0 Å². The van der Waals surface area contributed by atoms with Crippen LogP contribution < -0.4 is 179 Å². The SMILES string of the molecule is Cc1cccc(C)c1[NH+]=Cc1ccc2cccc([O-])c2[nH+]1.Cc1cccc(C)c1[NH+]=Cc1ccc2cccc([O-])c2[nH+]1.Cc1cccc(C)c1[NH+]=Cc1ccc2cccc([O-])c2[nH+]1.Cc1cccc(C)c1[NH+]=Cc1ccc2cccc([O-])c2[nH+]1.[Na+].[Na+].[Na+].[Na+]. The minimum absolute atomic E-state index is 0. The van der Waals surface area contributed by atoms with Gasteiger partial charge in [0.1, 0.15) is 0 Å². The molecule has 0 aliphatic rings. The number of H-pyrrole nitrogens is 4. The second-order valence-corrected chi connectivity index (χ2v) is 20.8. The summed E-state index contributed by atoms with van der Waals surface area (Å²) in [6, 6.07) is 61.5. The second-order valence-electron chi connectivity index (χ2n) is 20.8. The Labute approximate surface area is 602 Å². The molecule has 0 radical (unpaired) electrons. The monoisotopic (exact) mass is 1200 g/mol. The van der Waals surface area contributed by atoms with Crippen LogP contribution in [-0.4, -0.2) is 24.9 Å². The predicted octanol–water partition coefficient (Wildman–Crippen LogP) is -7.28. The smallest absolute Gasteiger partial charge is 0.868 e. The Balaban J connectivity index is 0.000000211. The first-order valence-corrected chi connectivity index (χ1v) is 27.7. The number of nitrogens with one attached hydrogen (secondary N) is 8. The number of pyridine rings is 4. The van der Waals surface area contributed by atoms with Crippen molar-refractivity contribution < 1.29 is 179 Å². The molecule has 12 rings (SSSR count). The molecule has 4 heterocycles. The molecule has 0 bridgehead atoms. The van der Waals surface area contributed by atoms with Crippen molar-refractivity contribution in [1.82, 2.24) is 0 Å². The molecule has 0 aliphatic heterocycles. The van der Waals surface area contributed by atoms with Gasteiger partial charge in [-0.2, -0.15) is 0 Å². The van der Waals surface area contributed by atoms with E-state index < -0.39 is 0 Å². The zero-order valence-corrected chi connectivity index (χ0v) is 60.4. The summed E-state index contributed by atoms with van der Waals surface area (Å²) in [7, 11) is 0. The summed E-state index contributed by atoms with van der Waals surface area (Å²) in [5.74, 6) is 0.0364. The summed E-state index contributed by atoms with van der Waals surface area (Å²) in [5.41, 5.74) is 19.9. The summed E-state index contributed by atoms with van der Waals surface area (Å²) in [6.45, 7) is 16.6. The molecule has 0 unspecified atom stereocenters. The van der Waals surface area contributed by atoms with E-state index in [4.69, 9.17) is 0 Å². The van der Waals surface area contributed by atoms with Crippen molar-refractivity contribution in [3.8, 4) is 23.0 Å². The normalized spacial score (nSPS) is 10.8. The van der Waals surface area contributed by atoms with Gasteiger partial charge in [-0.3, -0.25) is 0 Å². The molecule has 8 aromatic carbocycles. The van der Waals surface area contributed by atoms with Crippen molar-refractivity contribution in [2.75, 3.05) is 0 Å². The van der Waals surface area contributed by atoms with E-state index in [9.17, 15) is 20.4 Å². The summed E-state index contributed by atoms with van der Waals surface area (Å²) in [4.78, 5) is 26.0. The third kappa shape index (κ3) is 18.7. The van der Waals surface area contributed by atoms with Crippen molar-refractivity contribution >= 4 is 91.2 Å². The third-order valence-corrected chi connectivity index (χ3v) is 14.5. The molecule has 0 amide bonds. The van der Waals surface area contributed by atoms with Crippen LogP contribution in [0.15, 0.2) is 194 Å². The number of hydrogen-bond donors (Lipinski definition) is 4. The first-order chi connectivity index (χ1) is 40.6. The minimum atomic E-state index is 0. The van der Waals surface area contributed by atoms with E-state index in [-0.39, 0.29) is 141 Å². The summed E-state index contributed by atoms with van der Waals surface area (Å²) in [5, 5.41) is 51.1. The fourth-order valence-corrected chi connectivity index (χ4v) is 9.85. The first kappa shape index (κ1) is 72.0. The molecular weight excluding hydrogens is 1130 g/mol. The van der Waals surface area contributed by atoms with Gasteiger partial charge in [0.25, 0.3) is 22.8 Å². The van der Waals surface area contributed by atoms with Gasteiger partial charge < -0.3 is 20.4 Å². The quantitative estimate of drug-likeness (QED) is 0.0866. The number of aromatic nitrogens is 4. The number of para-hydroxylation sites is 8. The molecule has 12 nitrogen and oxygen atoms in total. The van der Waals surface area contributed by atoms with Crippen LogP contribution in [0.5, 0.6) is 23.0 Å². The van der Waals surface area contributed by atoms with E-state index in [0.717, 1.165) is 67.1 Å². The molecule has 12 aromatic rings. The molecule has 8 N–H and O–H groups in total. The molecule has 0 atom stereocenters. The predicted molar refractivity (Wildman–Crippen MR) is 327 cm³/mol. The topological polar surface area (TPSA) is 205 Å². The van der Waals surface area contributed by atoms with Crippen molar-refractivity contribution in [1.29, 1.82) is 0 Å². The van der Waals surface area contributed by atoms with Gasteiger partial charge >= 0.3 is 118 Å². The van der Waals surface area contributed by atoms with E-state index in [1.54, 1.807) is 48.5 Å². The third-order valence-electron chi connectivity index (χ3n) is 14.5. The van der Waals surface area contributed by atoms with Crippen LogP contribution in [0.25, 0.3) is 43.6 Å². The zero-order valence-electron chi connectivity index (χ0n) is 52.4. The molecule has 0 aliphatic carbocycles. The van der Waals surface area contributed by atoms with Crippen LogP contribution >= 0.6 is 0 Å². The van der Waals surface area contributed by atoms with E-state index in [1.165, 1.54) is 44.5 Å². The average molecular weight is 1200 g/mol. The number of rotatable bonds is 8. The molecule has 16 heteroatoms. The maximum atomic E-state index is 11.8. The van der Waals surface area contributed by atoms with Crippen LogP contribution in [0, 0.1) is 55.4 Å². The van der Waals surface area contributed by atoms with Crippen LogP contribution in [0.2, 0.25) is 0 Å². The zero-order chi connectivity index (χ0) is 59.3. The molecule has 4 aromatic heterocycles. The Kier molecular flexibility index (Phi) is 28.1. The van der Waals surface area contributed by atoms with Crippen molar-refractivity contribution in [3.63, 3.8) is 0 Å². The van der Waals surface area contributed by atoms with Gasteiger partial charge in [-0.25, -0.2) is 39.9 Å². The number of aromatic amines is 4. The number of aryl methyl sites for hydroxylation is 8. The Hall–Kier alpha value is -6.72. The minimum Gasteiger partial charge on any atom is -0.868 e. The Bertz CT molecular complexity index is 3860. The standard InChI is InChI=1S/4C18H16N2O.4Na/c4*1-12-5-3-6-13(2)17(12)19-11-15-10-9-14-7-4-8-16(21)18(14)20-15;;;;/h4*3-11,21H,1-2H3;;;;/q;;;;4*+1/p+4. The Morgan fingerprint density at radius 1 is 0.239 bits per heavy atom. The summed E-state index contributed by atoms with van der Waals surface area (Å²) in [6.07, 6.45) is 7.56. The fraction of sp³-hybridized carbons (Fsp3) is 0.111. The maximum absolute atomic E-state index is 11.8. The van der Waals surface area contributed by atoms with Crippen molar-refractivity contribution in [3.05, 3.63) is 261 Å². The van der Waals surface area contributed by atoms with Gasteiger partial charge in [0.15, 0.2) is 0 Å². The number of fused-ring (bicyclic) bond motifs is 4. The van der Waals surface area contributed by atoms with Crippen molar-refractivity contribution in [2.45, 2.75) is 55.4 Å². The van der Waals surface area contributed by atoms with Crippen molar-refractivity contribution in [2.24, 2.45) is 0 Å². The van der Waals surface area contributed by atoms with Crippen LogP contribution in [0.4, 0.5) is 22.7 Å². The van der Waals surface area contributed by atoms with Gasteiger partial charge in [-0.05, 0) is 127 Å². The number of benzene rings is 8. The molecule has 0 saturated carbocycles. The second kappa shape index (κ2) is 34.3. The summed E-state index contributed by atoms with van der Waals surface area (Å²) < 4.78 is 0. The van der Waals surface area contributed by atoms with Crippen LogP contribution in [0.1, 0.15) is 67.3 Å². The molecule has 0 spiro atoms. The van der Waals surface area contributed by atoms with Gasteiger partial charge in [-0.1, -0.05) is 121 Å². The van der Waals surface area contributed by atoms with E-state index in [2.05, 4.69) is 144 Å². The average Bonchev–Trinajstić information content (AvgIpc) is 3.67. The molecule has 0 fully saturated rings. The van der Waals surface area contributed by atoms with Gasteiger partial charge in [0, 0.05) is 90.3 Å². The van der Waals surface area contributed by atoms with Gasteiger partial charge in [-0.15, -0.1) is 0 Å². The molecule has 88 heavy (non-hydrogen) atoms. The first-order valence-electron chi connectivity index (χ1n) is 27.7. The summed E-state index contributed by atoms with van der Waals surface area (Å²) >= 11 is 0. The van der Waals surface area contributed by atoms with Crippen LogP contribution in [-0.2, 0) is 0 Å². The molecule has 0 saturated heterocycles. The fourth-order valence-electron chi connectivity index (χ4n) is 9.85. The van der Waals surface area contributed by atoms with E-state index >= 15 is 0 Å². The van der Waals surface area contributed by atoms with Gasteiger partial charge in [0.2, 0.25) is 69.7 Å².